The quantitative estimate of drug-likeness (QED) is 0.0263. The molecule has 0 radical (unpaired) electrons. The van der Waals surface area contributed by atoms with Gasteiger partial charge < -0.3 is 14.2 Å². The smallest absolute Gasteiger partial charge is 0.306 e. The van der Waals surface area contributed by atoms with E-state index in [0.29, 0.717) is 19.3 Å². The molecule has 346 valence electrons. The first kappa shape index (κ1) is 57.1. The van der Waals surface area contributed by atoms with Crippen molar-refractivity contribution < 1.29 is 28.6 Å². The molecule has 0 rings (SSSR count). The topological polar surface area (TPSA) is 78.9 Å². The maximum atomic E-state index is 12.7. The zero-order chi connectivity index (χ0) is 43.7. The van der Waals surface area contributed by atoms with Crippen molar-refractivity contribution in [2.45, 2.75) is 252 Å². The van der Waals surface area contributed by atoms with Crippen LogP contribution in [-0.4, -0.2) is 37.2 Å². The molecule has 0 saturated carbocycles. The van der Waals surface area contributed by atoms with Crippen molar-refractivity contribution in [2.75, 3.05) is 13.2 Å². The second-order valence-corrected chi connectivity index (χ2v) is 16.7. The van der Waals surface area contributed by atoms with Gasteiger partial charge in [-0.2, -0.15) is 0 Å². The predicted octanol–water partition coefficient (Wildman–Crippen LogP) is 16.5. The molecule has 0 bridgehead atoms. The van der Waals surface area contributed by atoms with Gasteiger partial charge in [-0.05, 0) is 77.0 Å². The number of esters is 3. The van der Waals surface area contributed by atoms with E-state index in [1.807, 2.05) is 0 Å². The van der Waals surface area contributed by atoms with Crippen molar-refractivity contribution in [3.63, 3.8) is 0 Å². The van der Waals surface area contributed by atoms with E-state index in [4.69, 9.17) is 14.2 Å². The molecule has 0 aromatic heterocycles. The van der Waals surface area contributed by atoms with E-state index in [1.165, 1.54) is 103 Å². The van der Waals surface area contributed by atoms with Crippen LogP contribution in [0.25, 0.3) is 0 Å². The largest absolute Gasteiger partial charge is 0.462 e. The van der Waals surface area contributed by atoms with Gasteiger partial charge in [-0.3, -0.25) is 14.4 Å². The molecular formula is C54H94O6. The first-order chi connectivity index (χ1) is 29.5. The summed E-state index contributed by atoms with van der Waals surface area (Å²) < 4.78 is 16.7. The normalized spacial score (nSPS) is 12.5. The third-order valence-electron chi connectivity index (χ3n) is 10.7. The first-order valence-electron chi connectivity index (χ1n) is 25.3. The summed E-state index contributed by atoms with van der Waals surface area (Å²) in [5.74, 6) is -0.895. The van der Waals surface area contributed by atoms with Crippen LogP contribution in [-0.2, 0) is 28.6 Å². The van der Waals surface area contributed by atoms with Crippen molar-refractivity contribution in [3.05, 3.63) is 60.8 Å². The molecule has 0 aromatic carbocycles. The zero-order valence-corrected chi connectivity index (χ0v) is 39.5. The van der Waals surface area contributed by atoms with Gasteiger partial charge in [0.15, 0.2) is 6.10 Å². The zero-order valence-electron chi connectivity index (χ0n) is 39.5. The van der Waals surface area contributed by atoms with Crippen LogP contribution in [0.3, 0.4) is 0 Å². The second-order valence-electron chi connectivity index (χ2n) is 16.7. The Kier molecular flexibility index (Phi) is 46.4. The standard InChI is InChI=1S/C54H94O6/c1-4-7-10-13-16-18-20-21-22-23-24-25-26-27-28-29-30-31-32-33-34-36-38-41-44-47-53(56)59-50-51(49-58-52(55)46-43-40-37-15-12-9-6-3)60-54(57)48-45-42-39-35-19-17-14-11-8-5-2/h7,10-11,14,16,18,21-22,24-25,51H,4-6,8-9,12-13,15,17,19-20,23,26-50H2,1-3H3/b10-7-,14-11-,18-16-,22-21-,25-24-. The molecule has 0 fully saturated rings. The number of hydrogen-bond acceptors (Lipinski definition) is 6. The summed E-state index contributed by atoms with van der Waals surface area (Å²) in [6.07, 6.45) is 59.5. The Morgan fingerprint density at radius 1 is 0.350 bits per heavy atom. The molecule has 0 aliphatic heterocycles. The number of rotatable bonds is 45. The van der Waals surface area contributed by atoms with E-state index in [-0.39, 0.29) is 31.1 Å². The van der Waals surface area contributed by atoms with Gasteiger partial charge in [0.05, 0.1) is 0 Å². The summed E-state index contributed by atoms with van der Waals surface area (Å²) in [5.41, 5.74) is 0. The molecule has 0 amide bonds. The van der Waals surface area contributed by atoms with Crippen LogP contribution < -0.4 is 0 Å². The van der Waals surface area contributed by atoms with E-state index in [9.17, 15) is 14.4 Å². The molecule has 0 saturated heterocycles. The summed E-state index contributed by atoms with van der Waals surface area (Å²) in [7, 11) is 0. The number of unbranched alkanes of at least 4 members (excludes halogenated alkanes) is 24. The van der Waals surface area contributed by atoms with Crippen LogP contribution in [0.15, 0.2) is 60.8 Å². The van der Waals surface area contributed by atoms with E-state index >= 15 is 0 Å². The van der Waals surface area contributed by atoms with Gasteiger partial charge in [0.2, 0.25) is 0 Å². The van der Waals surface area contributed by atoms with Gasteiger partial charge in [-0.1, -0.05) is 210 Å². The number of carbonyl (C=O) groups excluding carboxylic acids is 3. The van der Waals surface area contributed by atoms with Crippen molar-refractivity contribution in [3.8, 4) is 0 Å². The molecule has 0 aromatic rings. The lowest BCUT2D eigenvalue weighted by Crippen LogP contribution is -2.30. The van der Waals surface area contributed by atoms with Crippen molar-refractivity contribution in [1.82, 2.24) is 0 Å². The van der Waals surface area contributed by atoms with E-state index in [2.05, 4.69) is 81.5 Å². The minimum Gasteiger partial charge on any atom is -0.462 e. The summed E-state index contributed by atoms with van der Waals surface area (Å²) in [6, 6.07) is 0. The summed E-state index contributed by atoms with van der Waals surface area (Å²) in [4.78, 5) is 37.7. The van der Waals surface area contributed by atoms with E-state index in [1.54, 1.807) is 0 Å². The molecule has 6 heteroatoms. The third kappa shape index (κ3) is 46.2. The van der Waals surface area contributed by atoms with E-state index in [0.717, 1.165) is 103 Å². The fraction of sp³-hybridized carbons (Fsp3) is 0.759. The third-order valence-corrected chi connectivity index (χ3v) is 10.7. The van der Waals surface area contributed by atoms with Crippen LogP contribution in [0.5, 0.6) is 0 Å². The highest BCUT2D eigenvalue weighted by atomic mass is 16.6. The monoisotopic (exact) mass is 839 g/mol. The van der Waals surface area contributed by atoms with Crippen LogP contribution in [0.2, 0.25) is 0 Å². The van der Waals surface area contributed by atoms with Crippen molar-refractivity contribution >= 4 is 17.9 Å². The molecular weight excluding hydrogens is 745 g/mol. The molecule has 60 heavy (non-hydrogen) atoms. The fourth-order valence-corrected chi connectivity index (χ4v) is 6.96. The summed E-state index contributed by atoms with van der Waals surface area (Å²) >= 11 is 0. The Balaban J connectivity index is 4.10. The van der Waals surface area contributed by atoms with Crippen molar-refractivity contribution in [2.24, 2.45) is 0 Å². The molecule has 0 heterocycles. The highest BCUT2D eigenvalue weighted by Crippen LogP contribution is 2.15. The molecule has 0 aliphatic rings. The van der Waals surface area contributed by atoms with Crippen LogP contribution in [0.1, 0.15) is 245 Å². The van der Waals surface area contributed by atoms with E-state index < -0.39 is 6.10 Å². The summed E-state index contributed by atoms with van der Waals surface area (Å²) in [5, 5.41) is 0. The Morgan fingerprint density at radius 3 is 1.10 bits per heavy atom. The average Bonchev–Trinajstić information content (AvgIpc) is 3.24. The Labute approximate surface area is 370 Å². The minimum atomic E-state index is -0.773. The lowest BCUT2D eigenvalue weighted by molar-refractivity contribution is -0.167. The molecule has 0 spiro atoms. The Morgan fingerprint density at radius 2 is 0.683 bits per heavy atom. The molecule has 0 aliphatic carbocycles. The highest BCUT2D eigenvalue weighted by molar-refractivity contribution is 5.71. The van der Waals surface area contributed by atoms with Crippen molar-refractivity contribution in [1.29, 1.82) is 0 Å². The molecule has 0 N–H and O–H groups in total. The lowest BCUT2D eigenvalue weighted by atomic mass is 10.0. The maximum Gasteiger partial charge on any atom is 0.306 e. The highest BCUT2D eigenvalue weighted by Gasteiger charge is 2.19. The number of hydrogen-bond donors (Lipinski definition) is 0. The SMILES string of the molecule is CC/C=C\C/C=C\C/C=C\C/C=C\CCCCCCCCCCCCCCC(=O)OCC(COC(=O)CCCCCCCCC)OC(=O)CCCCCCC/C=C\CCC. The van der Waals surface area contributed by atoms with Gasteiger partial charge in [-0.25, -0.2) is 0 Å². The molecule has 6 nitrogen and oxygen atoms in total. The Bertz CT molecular complexity index is 1100. The van der Waals surface area contributed by atoms with Gasteiger partial charge in [0.25, 0.3) is 0 Å². The number of ether oxygens (including phenoxy) is 3. The number of allylic oxidation sites excluding steroid dienone is 10. The van der Waals surface area contributed by atoms with Gasteiger partial charge in [-0.15, -0.1) is 0 Å². The van der Waals surface area contributed by atoms with Crippen LogP contribution >= 0.6 is 0 Å². The van der Waals surface area contributed by atoms with Gasteiger partial charge in [0.1, 0.15) is 13.2 Å². The van der Waals surface area contributed by atoms with Gasteiger partial charge in [0, 0.05) is 19.3 Å². The predicted molar refractivity (Wildman–Crippen MR) is 256 cm³/mol. The van der Waals surface area contributed by atoms with Crippen LogP contribution in [0, 0.1) is 0 Å². The van der Waals surface area contributed by atoms with Gasteiger partial charge >= 0.3 is 17.9 Å². The fourth-order valence-electron chi connectivity index (χ4n) is 6.96. The first-order valence-corrected chi connectivity index (χ1v) is 25.3. The lowest BCUT2D eigenvalue weighted by Gasteiger charge is -2.18. The second kappa shape index (κ2) is 48.8. The molecule has 1 atom stereocenters. The summed E-state index contributed by atoms with van der Waals surface area (Å²) in [6.45, 7) is 6.41. The minimum absolute atomic E-state index is 0.0768. The maximum absolute atomic E-state index is 12.7. The van der Waals surface area contributed by atoms with Crippen LogP contribution in [0.4, 0.5) is 0 Å². The average molecular weight is 839 g/mol. The number of carbonyl (C=O) groups is 3. The Hall–Kier alpha value is -2.89. The molecule has 1 unspecified atom stereocenters.